The lowest BCUT2D eigenvalue weighted by Crippen LogP contribution is -2.09. The molecule has 5 N–H and O–H groups in total. The van der Waals surface area contributed by atoms with Gasteiger partial charge in [0.05, 0.1) is 5.69 Å². The van der Waals surface area contributed by atoms with Crippen LogP contribution in [0.1, 0.15) is 0 Å². The van der Waals surface area contributed by atoms with Crippen LogP contribution in [0.5, 0.6) is 5.75 Å². The second-order valence-corrected chi connectivity index (χ2v) is 6.63. The number of phenols is 1. The average Bonchev–Trinajstić information content (AvgIpc) is 2.25. The Morgan fingerprint density at radius 3 is 1.75 bits per heavy atom. The molecule has 0 spiro atoms. The first-order valence-electron chi connectivity index (χ1n) is 5.03. The molecular formula is C10H9NO7S2. The Bertz CT molecular complexity index is 916. The van der Waals surface area contributed by atoms with Crippen molar-refractivity contribution in [2.24, 2.45) is 0 Å². The summed E-state index contributed by atoms with van der Waals surface area (Å²) in [4.78, 5) is -2.20. The molecule has 108 valence electrons. The Morgan fingerprint density at radius 2 is 1.30 bits per heavy atom. The molecule has 0 fully saturated rings. The van der Waals surface area contributed by atoms with Gasteiger partial charge < -0.3 is 10.8 Å². The van der Waals surface area contributed by atoms with Gasteiger partial charge in [0.1, 0.15) is 4.90 Å². The van der Waals surface area contributed by atoms with E-state index in [0.717, 1.165) is 0 Å². The summed E-state index contributed by atoms with van der Waals surface area (Å²) in [5.41, 5.74) is 5.02. The number of rotatable bonds is 2. The highest BCUT2D eigenvalue weighted by molar-refractivity contribution is 7.87. The maximum Gasteiger partial charge on any atom is 0.300 e. The molecule has 0 bridgehead atoms. The summed E-state index contributed by atoms with van der Waals surface area (Å²) in [6, 6.07) is 5.36. The van der Waals surface area contributed by atoms with Gasteiger partial charge in [0.15, 0.2) is 10.6 Å². The monoisotopic (exact) mass is 319 g/mol. The first-order chi connectivity index (χ1) is 9.05. The van der Waals surface area contributed by atoms with Gasteiger partial charge in [-0.15, -0.1) is 0 Å². The second kappa shape index (κ2) is 4.31. The third-order valence-corrected chi connectivity index (χ3v) is 4.51. The molecule has 0 atom stereocenters. The molecule has 0 radical (unpaired) electrons. The van der Waals surface area contributed by atoms with Crippen molar-refractivity contribution in [1.82, 2.24) is 0 Å². The molecule has 10 heteroatoms. The zero-order valence-corrected chi connectivity index (χ0v) is 11.3. The largest absolute Gasteiger partial charge is 0.505 e. The lowest BCUT2D eigenvalue weighted by molar-refractivity contribution is 0.426. The van der Waals surface area contributed by atoms with Crippen molar-refractivity contribution in [2.45, 2.75) is 9.79 Å². The fourth-order valence-electron chi connectivity index (χ4n) is 1.92. The van der Waals surface area contributed by atoms with Crippen molar-refractivity contribution in [1.29, 1.82) is 0 Å². The summed E-state index contributed by atoms with van der Waals surface area (Å²) in [6.45, 7) is 0. The minimum atomic E-state index is -4.99. The minimum Gasteiger partial charge on any atom is -0.505 e. The molecule has 0 aromatic heterocycles. The highest BCUT2D eigenvalue weighted by Crippen LogP contribution is 2.42. The molecular weight excluding hydrogens is 310 g/mol. The van der Waals surface area contributed by atoms with Gasteiger partial charge in [-0.05, 0) is 0 Å². The van der Waals surface area contributed by atoms with E-state index in [9.17, 15) is 21.9 Å². The Kier molecular flexibility index (Phi) is 3.13. The first kappa shape index (κ1) is 14.5. The normalized spacial score (nSPS) is 12.7. The highest BCUT2D eigenvalue weighted by Gasteiger charge is 2.30. The maximum absolute atomic E-state index is 11.3. The van der Waals surface area contributed by atoms with Crippen LogP contribution < -0.4 is 5.73 Å². The molecule has 20 heavy (non-hydrogen) atoms. The van der Waals surface area contributed by atoms with E-state index in [4.69, 9.17) is 14.8 Å². The lowest BCUT2D eigenvalue weighted by atomic mass is 10.1. The van der Waals surface area contributed by atoms with Crippen LogP contribution in [-0.2, 0) is 20.2 Å². The maximum atomic E-state index is 11.3. The Hall–Kier alpha value is -1.88. The van der Waals surface area contributed by atoms with E-state index in [2.05, 4.69) is 0 Å². The Morgan fingerprint density at radius 1 is 0.850 bits per heavy atom. The van der Waals surface area contributed by atoms with Gasteiger partial charge in [-0.1, -0.05) is 24.3 Å². The van der Waals surface area contributed by atoms with Gasteiger partial charge in [-0.3, -0.25) is 9.11 Å². The Balaban J connectivity index is 3.23. The van der Waals surface area contributed by atoms with Crippen LogP contribution in [0.25, 0.3) is 10.8 Å². The number of hydrogen-bond donors (Lipinski definition) is 4. The van der Waals surface area contributed by atoms with Crippen molar-refractivity contribution in [3.8, 4) is 5.75 Å². The van der Waals surface area contributed by atoms with E-state index in [1.54, 1.807) is 0 Å². The minimum absolute atomic E-state index is 0.0504. The van der Waals surface area contributed by atoms with Gasteiger partial charge in [-0.2, -0.15) is 16.8 Å². The molecule has 0 unspecified atom stereocenters. The number of phenolic OH excluding ortho intramolecular Hbond substituents is 1. The lowest BCUT2D eigenvalue weighted by Gasteiger charge is -2.13. The van der Waals surface area contributed by atoms with Crippen LogP contribution in [0, 0.1) is 0 Å². The molecule has 0 aliphatic carbocycles. The predicted octanol–water partition coefficient (Wildman–Crippen LogP) is 0.621. The van der Waals surface area contributed by atoms with Crippen LogP contribution in [0.2, 0.25) is 0 Å². The zero-order valence-electron chi connectivity index (χ0n) is 9.68. The third-order valence-electron chi connectivity index (χ3n) is 2.65. The molecule has 8 nitrogen and oxygen atoms in total. The molecule has 0 saturated heterocycles. The predicted molar refractivity (Wildman–Crippen MR) is 69.7 cm³/mol. The number of nitrogens with two attached hydrogens (primary N) is 1. The summed E-state index contributed by atoms with van der Waals surface area (Å²) in [5, 5.41) is 9.56. The fraction of sp³-hybridized carbons (Fsp3) is 0. The number of nitrogen functional groups attached to an aromatic ring is 1. The van der Waals surface area contributed by atoms with E-state index >= 15 is 0 Å². The Labute approximate surface area is 114 Å². The van der Waals surface area contributed by atoms with E-state index in [0.29, 0.717) is 0 Å². The summed E-state index contributed by atoms with van der Waals surface area (Å²) < 4.78 is 63.3. The molecule has 2 aromatic carbocycles. The van der Waals surface area contributed by atoms with Crippen LogP contribution in [0.15, 0.2) is 34.1 Å². The van der Waals surface area contributed by atoms with E-state index in [-0.39, 0.29) is 10.8 Å². The SMILES string of the molecule is Nc1c(S(=O)(=O)O)c(O)c(S(=O)(=O)O)c2ccccc12. The van der Waals surface area contributed by atoms with Gasteiger partial charge in [-0.25, -0.2) is 0 Å². The summed E-state index contributed by atoms with van der Waals surface area (Å²) in [5.74, 6) is -1.33. The number of fused-ring (bicyclic) bond motifs is 1. The molecule has 0 aliphatic heterocycles. The topological polar surface area (TPSA) is 155 Å². The second-order valence-electron chi connectivity index (χ2n) is 3.92. The van der Waals surface area contributed by atoms with Crippen molar-refractivity contribution in [2.75, 3.05) is 5.73 Å². The van der Waals surface area contributed by atoms with Crippen LogP contribution >= 0.6 is 0 Å². The fourth-order valence-corrected chi connectivity index (χ4v) is 3.52. The zero-order chi connectivity index (χ0) is 15.3. The number of anilines is 1. The van der Waals surface area contributed by atoms with E-state index < -0.39 is 41.5 Å². The molecule has 0 heterocycles. The van der Waals surface area contributed by atoms with Gasteiger partial charge in [0.2, 0.25) is 0 Å². The van der Waals surface area contributed by atoms with Crippen molar-refractivity contribution < 1.29 is 31.0 Å². The van der Waals surface area contributed by atoms with Gasteiger partial charge in [0.25, 0.3) is 20.2 Å². The smallest absolute Gasteiger partial charge is 0.300 e. The average molecular weight is 319 g/mol. The highest BCUT2D eigenvalue weighted by atomic mass is 32.2. The van der Waals surface area contributed by atoms with Gasteiger partial charge >= 0.3 is 0 Å². The summed E-state index contributed by atoms with van der Waals surface area (Å²) in [6.07, 6.45) is 0. The quantitative estimate of drug-likeness (QED) is 0.463. The van der Waals surface area contributed by atoms with Crippen LogP contribution in [0.3, 0.4) is 0 Å². The molecule has 2 aromatic rings. The van der Waals surface area contributed by atoms with Gasteiger partial charge in [0, 0.05) is 10.8 Å². The number of benzene rings is 2. The van der Waals surface area contributed by atoms with Crippen molar-refractivity contribution >= 4 is 36.7 Å². The standard InChI is InChI=1S/C10H9NO7S2/c11-7-5-3-1-2-4-6(5)9(19(13,14)15)8(12)10(7)20(16,17)18/h1-4,12H,11H2,(H,13,14,15)(H,16,17,18). The third kappa shape index (κ3) is 2.18. The van der Waals surface area contributed by atoms with E-state index in [1.165, 1.54) is 24.3 Å². The van der Waals surface area contributed by atoms with Crippen LogP contribution in [0.4, 0.5) is 5.69 Å². The summed E-state index contributed by atoms with van der Waals surface area (Å²) in [7, 11) is -9.93. The molecule has 0 aliphatic rings. The first-order valence-corrected chi connectivity index (χ1v) is 7.91. The van der Waals surface area contributed by atoms with Crippen molar-refractivity contribution in [3.63, 3.8) is 0 Å². The van der Waals surface area contributed by atoms with Crippen LogP contribution in [-0.4, -0.2) is 31.0 Å². The molecule has 0 amide bonds. The van der Waals surface area contributed by atoms with E-state index in [1.807, 2.05) is 0 Å². The number of aromatic hydroxyl groups is 1. The molecule has 0 saturated carbocycles. The van der Waals surface area contributed by atoms with Crippen molar-refractivity contribution in [3.05, 3.63) is 24.3 Å². The summed E-state index contributed by atoms with van der Waals surface area (Å²) >= 11 is 0. The molecule has 2 rings (SSSR count). The number of hydrogen-bond acceptors (Lipinski definition) is 6.